The summed E-state index contributed by atoms with van der Waals surface area (Å²) in [5.74, 6) is 0. The van der Waals surface area contributed by atoms with Crippen LogP contribution in [0.25, 0.3) is 0 Å². The van der Waals surface area contributed by atoms with Crippen molar-refractivity contribution in [2.24, 2.45) is 4.99 Å². The molecule has 0 spiro atoms. The topological polar surface area (TPSA) is 38.7 Å². The molecule has 0 aromatic heterocycles. The van der Waals surface area contributed by atoms with Gasteiger partial charge in [0.25, 0.3) is 0 Å². The highest BCUT2D eigenvalue weighted by Crippen LogP contribution is 2.23. The first-order valence-electron chi connectivity index (χ1n) is 6.44. The number of nitrogens with zero attached hydrogens (tertiary/aromatic N) is 2. The fourth-order valence-electron chi connectivity index (χ4n) is 2.17. The van der Waals surface area contributed by atoms with E-state index in [0.717, 1.165) is 16.8 Å². The number of aliphatic imine (C=N–C) groups is 1. The van der Waals surface area contributed by atoms with E-state index in [2.05, 4.69) is 4.99 Å². The number of benzene rings is 1. The van der Waals surface area contributed by atoms with Crippen LogP contribution in [0.15, 0.2) is 23.2 Å². The molecule has 0 aliphatic heterocycles. The zero-order valence-electron chi connectivity index (χ0n) is 12.2. The molecule has 0 fully saturated rings. The summed E-state index contributed by atoms with van der Waals surface area (Å²) in [4.78, 5) is 6.09. The quantitative estimate of drug-likeness (QED) is 0.608. The van der Waals surface area contributed by atoms with Crippen molar-refractivity contribution in [1.29, 1.82) is 0 Å². The van der Waals surface area contributed by atoms with Crippen LogP contribution in [-0.2, 0) is 0 Å². The third-order valence-electron chi connectivity index (χ3n) is 2.98. The fraction of sp³-hybridized carbons (Fsp3) is 0.533. The number of hydrogen-bond acceptors (Lipinski definition) is 2. The first-order chi connectivity index (χ1) is 8.34. The van der Waals surface area contributed by atoms with Crippen molar-refractivity contribution < 1.29 is 5.11 Å². The smallest absolute Gasteiger partial charge is 0.0698 e. The molecule has 0 atom stereocenters. The van der Waals surface area contributed by atoms with E-state index in [1.165, 1.54) is 0 Å². The Kier molecular flexibility index (Phi) is 4.76. The van der Waals surface area contributed by atoms with Crippen molar-refractivity contribution in [2.45, 2.75) is 53.6 Å². The molecule has 100 valence electrons. The van der Waals surface area contributed by atoms with Gasteiger partial charge in [-0.2, -0.15) is 0 Å². The lowest BCUT2D eigenvalue weighted by Crippen LogP contribution is -2.48. The SMILES string of the molecule is Cc1cccc(C)c1N=C([O-])N(C(C)C)C(C)C. The van der Waals surface area contributed by atoms with Crippen molar-refractivity contribution in [3.05, 3.63) is 29.3 Å². The second kappa shape index (κ2) is 5.89. The van der Waals surface area contributed by atoms with Crippen LogP contribution < -0.4 is 5.11 Å². The molecule has 0 aliphatic rings. The lowest BCUT2D eigenvalue weighted by atomic mass is 10.1. The van der Waals surface area contributed by atoms with Gasteiger partial charge in [-0.15, -0.1) is 0 Å². The van der Waals surface area contributed by atoms with Gasteiger partial charge < -0.3 is 10.0 Å². The molecule has 0 amide bonds. The molecule has 0 saturated carbocycles. The van der Waals surface area contributed by atoms with Crippen molar-refractivity contribution in [1.82, 2.24) is 4.90 Å². The fourth-order valence-corrected chi connectivity index (χ4v) is 2.17. The largest absolute Gasteiger partial charge is 0.846 e. The third kappa shape index (κ3) is 3.25. The van der Waals surface area contributed by atoms with Crippen molar-refractivity contribution >= 4 is 11.7 Å². The average molecular weight is 247 g/mol. The minimum absolute atomic E-state index is 0.155. The first kappa shape index (κ1) is 14.6. The van der Waals surface area contributed by atoms with E-state index in [1.54, 1.807) is 4.90 Å². The molecule has 18 heavy (non-hydrogen) atoms. The maximum Gasteiger partial charge on any atom is 0.0698 e. The van der Waals surface area contributed by atoms with E-state index in [4.69, 9.17) is 0 Å². The third-order valence-corrected chi connectivity index (χ3v) is 2.98. The highest BCUT2D eigenvalue weighted by atomic mass is 16.3. The van der Waals surface area contributed by atoms with Gasteiger partial charge in [0.15, 0.2) is 0 Å². The summed E-state index contributed by atoms with van der Waals surface area (Å²) < 4.78 is 0. The standard InChI is InChI=1S/C15H24N2O/c1-10(2)17(11(3)4)15(18)16-14-12(5)8-7-9-13(14)6/h7-11H,1-6H3,(H,16,18)/p-1. The second-order valence-corrected chi connectivity index (χ2v) is 5.23. The molecular formula is C15H23N2O-. The van der Waals surface area contributed by atoms with Crippen LogP contribution in [0.5, 0.6) is 0 Å². The Morgan fingerprint density at radius 1 is 1.06 bits per heavy atom. The molecule has 0 heterocycles. The zero-order valence-corrected chi connectivity index (χ0v) is 12.2. The lowest BCUT2D eigenvalue weighted by Gasteiger charge is -2.37. The minimum atomic E-state index is -0.155. The minimum Gasteiger partial charge on any atom is -0.846 e. The van der Waals surface area contributed by atoms with Gasteiger partial charge in [-0.3, -0.25) is 0 Å². The van der Waals surface area contributed by atoms with Crippen molar-refractivity contribution in [3.8, 4) is 0 Å². The van der Waals surface area contributed by atoms with Gasteiger partial charge in [0.05, 0.1) is 11.7 Å². The molecule has 3 heteroatoms. The summed E-state index contributed by atoms with van der Waals surface area (Å²) in [5, 5.41) is 12.3. The Bertz CT molecular complexity index is 408. The van der Waals surface area contributed by atoms with E-state index >= 15 is 0 Å². The normalized spacial score (nSPS) is 12.3. The van der Waals surface area contributed by atoms with Crippen LogP contribution in [-0.4, -0.2) is 23.0 Å². The zero-order chi connectivity index (χ0) is 13.9. The summed E-state index contributed by atoms with van der Waals surface area (Å²) in [5.41, 5.74) is 2.88. The predicted octanol–water partition coefficient (Wildman–Crippen LogP) is 2.77. The molecule has 1 aromatic rings. The van der Waals surface area contributed by atoms with Crippen molar-refractivity contribution in [3.63, 3.8) is 0 Å². The van der Waals surface area contributed by atoms with Gasteiger partial charge in [-0.1, -0.05) is 18.2 Å². The van der Waals surface area contributed by atoms with Crippen LogP contribution in [0, 0.1) is 13.8 Å². The van der Waals surface area contributed by atoms with Crippen LogP contribution in [0.1, 0.15) is 38.8 Å². The van der Waals surface area contributed by atoms with Gasteiger partial charge in [0.2, 0.25) is 0 Å². The molecule has 0 bridgehead atoms. The number of hydrogen-bond donors (Lipinski definition) is 0. The molecule has 1 aromatic carbocycles. The Labute approximate surface area is 110 Å². The first-order valence-corrected chi connectivity index (χ1v) is 6.44. The monoisotopic (exact) mass is 247 g/mol. The lowest BCUT2D eigenvalue weighted by molar-refractivity contribution is -0.238. The maximum atomic E-state index is 12.3. The van der Waals surface area contributed by atoms with Gasteiger partial charge in [0.1, 0.15) is 0 Å². The number of aryl methyl sites for hydroxylation is 2. The van der Waals surface area contributed by atoms with Gasteiger partial charge in [-0.25, -0.2) is 4.99 Å². The van der Waals surface area contributed by atoms with Crippen LogP contribution in [0.2, 0.25) is 0 Å². The van der Waals surface area contributed by atoms with Gasteiger partial charge >= 0.3 is 0 Å². The Morgan fingerprint density at radius 3 is 1.89 bits per heavy atom. The van der Waals surface area contributed by atoms with Crippen molar-refractivity contribution in [2.75, 3.05) is 0 Å². The summed E-state index contributed by atoms with van der Waals surface area (Å²) in [6.45, 7) is 12.0. The summed E-state index contributed by atoms with van der Waals surface area (Å²) in [7, 11) is 0. The Balaban J connectivity index is 3.15. The molecule has 3 nitrogen and oxygen atoms in total. The van der Waals surface area contributed by atoms with Crippen LogP contribution in [0.3, 0.4) is 0 Å². The van der Waals surface area contributed by atoms with Gasteiger partial charge in [0, 0.05) is 12.1 Å². The van der Waals surface area contributed by atoms with E-state index in [1.807, 2.05) is 59.7 Å². The molecule has 0 unspecified atom stereocenters. The summed E-state index contributed by atoms with van der Waals surface area (Å²) in [6, 6.07) is 6.10. The Hall–Kier alpha value is -1.51. The second-order valence-electron chi connectivity index (χ2n) is 5.23. The summed E-state index contributed by atoms with van der Waals surface area (Å²) in [6.07, 6.45) is 0. The van der Waals surface area contributed by atoms with Gasteiger partial charge in [-0.05, 0) is 52.7 Å². The molecule has 0 radical (unpaired) electrons. The number of amidine groups is 1. The number of para-hydroxylation sites is 1. The average Bonchev–Trinajstić information content (AvgIpc) is 2.22. The molecule has 0 N–H and O–H groups in total. The predicted molar refractivity (Wildman–Crippen MR) is 75.1 cm³/mol. The Morgan fingerprint density at radius 2 is 1.50 bits per heavy atom. The maximum absolute atomic E-state index is 12.3. The van der Waals surface area contributed by atoms with E-state index in [-0.39, 0.29) is 18.1 Å². The highest BCUT2D eigenvalue weighted by molar-refractivity contribution is 5.75. The summed E-state index contributed by atoms with van der Waals surface area (Å²) >= 11 is 0. The van der Waals surface area contributed by atoms with E-state index in [0.29, 0.717) is 0 Å². The molecule has 1 rings (SSSR count). The highest BCUT2D eigenvalue weighted by Gasteiger charge is 2.12. The van der Waals surface area contributed by atoms with Crippen LogP contribution >= 0.6 is 0 Å². The molecule has 0 saturated heterocycles. The number of rotatable bonds is 3. The van der Waals surface area contributed by atoms with E-state index < -0.39 is 0 Å². The molecule has 0 aliphatic carbocycles. The molecular weight excluding hydrogens is 224 g/mol. The van der Waals surface area contributed by atoms with Crippen LogP contribution in [0.4, 0.5) is 5.69 Å². The van der Waals surface area contributed by atoms with E-state index in [9.17, 15) is 5.11 Å².